The van der Waals surface area contributed by atoms with Crippen LogP contribution in [0.4, 0.5) is 5.88 Å². The van der Waals surface area contributed by atoms with Crippen molar-refractivity contribution < 1.29 is 4.52 Å². The second-order valence-corrected chi connectivity index (χ2v) is 4.00. The third-order valence-corrected chi connectivity index (χ3v) is 2.88. The van der Waals surface area contributed by atoms with Crippen molar-refractivity contribution in [2.24, 2.45) is 0 Å². The molecule has 0 saturated carbocycles. The number of fused-ring (bicyclic) bond motifs is 2. The number of nitrogens with zero attached hydrogens (tertiary/aromatic N) is 2. The Morgan fingerprint density at radius 1 is 1.12 bits per heavy atom. The second-order valence-electron chi connectivity index (χ2n) is 4.00. The van der Waals surface area contributed by atoms with Gasteiger partial charge in [0.05, 0.1) is 10.9 Å². The molecule has 0 amide bonds. The van der Waals surface area contributed by atoms with Gasteiger partial charge in [-0.05, 0) is 31.0 Å². The van der Waals surface area contributed by atoms with E-state index in [1.807, 2.05) is 13.0 Å². The molecule has 2 N–H and O–H groups in total. The fourth-order valence-electron chi connectivity index (χ4n) is 1.92. The van der Waals surface area contributed by atoms with Crippen LogP contribution in [0.1, 0.15) is 11.1 Å². The fraction of sp³-hybridized carbons (Fsp3) is 0.167. The summed E-state index contributed by atoms with van der Waals surface area (Å²) in [5.41, 5.74) is 9.52. The summed E-state index contributed by atoms with van der Waals surface area (Å²) in [6, 6.07) is 6.13. The molecule has 1 aromatic carbocycles. The van der Waals surface area contributed by atoms with Crippen LogP contribution in [0.5, 0.6) is 0 Å². The smallest absolute Gasteiger partial charge is 0.231 e. The summed E-state index contributed by atoms with van der Waals surface area (Å²) in [5.74, 6) is 0.324. The van der Waals surface area contributed by atoms with E-state index in [2.05, 4.69) is 29.2 Å². The molecule has 16 heavy (non-hydrogen) atoms. The van der Waals surface area contributed by atoms with Crippen molar-refractivity contribution in [1.82, 2.24) is 10.1 Å². The number of aryl methyl sites for hydroxylation is 2. The SMILES string of the molecule is Cc1ccc(C)c2nc3noc(N)c3cc12. The average molecular weight is 213 g/mol. The number of hydrogen-bond acceptors (Lipinski definition) is 4. The summed E-state index contributed by atoms with van der Waals surface area (Å²) in [5, 5.41) is 5.71. The van der Waals surface area contributed by atoms with Gasteiger partial charge in [0.1, 0.15) is 0 Å². The lowest BCUT2D eigenvalue weighted by Gasteiger charge is -2.03. The molecule has 3 aromatic rings. The van der Waals surface area contributed by atoms with Gasteiger partial charge in [-0.25, -0.2) is 4.98 Å². The van der Waals surface area contributed by atoms with Crippen LogP contribution in [-0.2, 0) is 0 Å². The summed E-state index contributed by atoms with van der Waals surface area (Å²) < 4.78 is 4.93. The number of nitrogens with two attached hydrogens (primary N) is 1. The Balaban J connectivity index is 2.57. The van der Waals surface area contributed by atoms with Gasteiger partial charge in [-0.3, -0.25) is 0 Å². The Bertz CT molecular complexity index is 700. The summed E-state index contributed by atoms with van der Waals surface area (Å²) in [6.07, 6.45) is 0. The van der Waals surface area contributed by atoms with Crippen LogP contribution in [-0.4, -0.2) is 10.1 Å². The molecule has 0 aliphatic rings. The van der Waals surface area contributed by atoms with Crippen LogP contribution >= 0.6 is 0 Å². The molecule has 0 radical (unpaired) electrons. The van der Waals surface area contributed by atoms with Crippen molar-refractivity contribution in [2.75, 3.05) is 5.73 Å². The molecule has 0 fully saturated rings. The van der Waals surface area contributed by atoms with Gasteiger partial charge in [-0.2, -0.15) is 0 Å². The quantitative estimate of drug-likeness (QED) is 0.623. The predicted molar refractivity (Wildman–Crippen MR) is 63.2 cm³/mol. The van der Waals surface area contributed by atoms with Crippen molar-refractivity contribution in [1.29, 1.82) is 0 Å². The van der Waals surface area contributed by atoms with Gasteiger partial charge in [0.25, 0.3) is 0 Å². The maximum Gasteiger partial charge on any atom is 0.231 e. The molecule has 4 heteroatoms. The highest BCUT2D eigenvalue weighted by Gasteiger charge is 2.10. The van der Waals surface area contributed by atoms with E-state index in [9.17, 15) is 0 Å². The Kier molecular flexibility index (Phi) is 1.68. The van der Waals surface area contributed by atoms with E-state index in [0.29, 0.717) is 11.5 Å². The highest BCUT2D eigenvalue weighted by molar-refractivity contribution is 5.97. The first-order valence-corrected chi connectivity index (χ1v) is 5.08. The van der Waals surface area contributed by atoms with Crippen LogP contribution in [0.15, 0.2) is 22.7 Å². The third kappa shape index (κ3) is 1.10. The van der Waals surface area contributed by atoms with E-state index < -0.39 is 0 Å². The lowest BCUT2D eigenvalue weighted by Crippen LogP contribution is -1.88. The van der Waals surface area contributed by atoms with Crippen molar-refractivity contribution in [2.45, 2.75) is 13.8 Å². The molecule has 0 atom stereocenters. The molecule has 0 bridgehead atoms. The Hall–Kier alpha value is -2.10. The van der Waals surface area contributed by atoms with Gasteiger partial charge >= 0.3 is 0 Å². The topological polar surface area (TPSA) is 64.9 Å². The number of rotatable bonds is 0. The van der Waals surface area contributed by atoms with Gasteiger partial charge in [0.15, 0.2) is 0 Å². The lowest BCUT2D eigenvalue weighted by molar-refractivity contribution is 0.443. The molecule has 4 nitrogen and oxygen atoms in total. The number of anilines is 1. The average Bonchev–Trinajstić information content (AvgIpc) is 2.64. The van der Waals surface area contributed by atoms with Gasteiger partial charge in [-0.15, -0.1) is 0 Å². The van der Waals surface area contributed by atoms with Crippen LogP contribution in [0.25, 0.3) is 21.9 Å². The van der Waals surface area contributed by atoms with Gasteiger partial charge in [0, 0.05) is 5.39 Å². The van der Waals surface area contributed by atoms with E-state index in [0.717, 1.165) is 21.9 Å². The number of aromatic nitrogens is 2. The molecule has 2 aromatic heterocycles. The minimum absolute atomic E-state index is 0.324. The summed E-state index contributed by atoms with van der Waals surface area (Å²) in [4.78, 5) is 4.47. The van der Waals surface area contributed by atoms with Crippen LogP contribution in [0, 0.1) is 13.8 Å². The molecule has 0 saturated heterocycles. The van der Waals surface area contributed by atoms with Crippen molar-refractivity contribution in [3.63, 3.8) is 0 Å². The maximum atomic E-state index is 5.69. The first kappa shape index (κ1) is 9.15. The zero-order valence-electron chi connectivity index (χ0n) is 9.11. The largest absolute Gasteiger partial charge is 0.367 e. The fourth-order valence-corrected chi connectivity index (χ4v) is 1.92. The van der Waals surface area contributed by atoms with Crippen LogP contribution < -0.4 is 5.73 Å². The highest BCUT2D eigenvalue weighted by atomic mass is 16.5. The minimum Gasteiger partial charge on any atom is -0.367 e. The molecule has 3 rings (SSSR count). The minimum atomic E-state index is 0.324. The third-order valence-electron chi connectivity index (χ3n) is 2.88. The van der Waals surface area contributed by atoms with Crippen LogP contribution in [0.3, 0.4) is 0 Å². The second kappa shape index (κ2) is 2.95. The number of hydrogen-bond donors (Lipinski definition) is 1. The van der Waals surface area contributed by atoms with Gasteiger partial charge in [-0.1, -0.05) is 17.3 Å². The summed E-state index contributed by atoms with van der Waals surface area (Å²) in [7, 11) is 0. The van der Waals surface area contributed by atoms with E-state index in [1.54, 1.807) is 0 Å². The molecule has 0 aliphatic heterocycles. The van der Waals surface area contributed by atoms with E-state index in [1.165, 1.54) is 5.56 Å². The van der Waals surface area contributed by atoms with Crippen molar-refractivity contribution in [3.8, 4) is 0 Å². The molecular weight excluding hydrogens is 202 g/mol. The molecule has 0 unspecified atom stereocenters. The molecule has 80 valence electrons. The van der Waals surface area contributed by atoms with Gasteiger partial charge in [0.2, 0.25) is 11.5 Å². The number of pyridine rings is 1. The van der Waals surface area contributed by atoms with E-state index >= 15 is 0 Å². The summed E-state index contributed by atoms with van der Waals surface area (Å²) >= 11 is 0. The highest BCUT2D eigenvalue weighted by Crippen LogP contribution is 2.27. The van der Waals surface area contributed by atoms with Gasteiger partial charge < -0.3 is 10.3 Å². The molecule has 0 spiro atoms. The van der Waals surface area contributed by atoms with Crippen molar-refractivity contribution >= 4 is 27.8 Å². The molecule has 2 heterocycles. The summed E-state index contributed by atoms with van der Waals surface area (Å²) in [6.45, 7) is 4.09. The lowest BCUT2D eigenvalue weighted by atomic mass is 10.0. The standard InChI is InChI=1S/C12H11N3O/c1-6-3-4-7(2)10-8(6)5-9-11(13)16-15-12(9)14-10/h3-5H,13H2,1-2H3. The Labute approximate surface area is 92.0 Å². The van der Waals surface area contributed by atoms with Crippen molar-refractivity contribution in [3.05, 3.63) is 29.3 Å². The number of benzene rings is 1. The zero-order chi connectivity index (χ0) is 11.3. The Morgan fingerprint density at radius 3 is 2.69 bits per heavy atom. The predicted octanol–water partition coefficient (Wildman–Crippen LogP) is 2.58. The number of nitrogen functional groups attached to an aromatic ring is 1. The monoisotopic (exact) mass is 213 g/mol. The first-order valence-electron chi connectivity index (χ1n) is 5.08. The molecule has 0 aliphatic carbocycles. The zero-order valence-corrected chi connectivity index (χ0v) is 9.11. The molecular formula is C12H11N3O. The van der Waals surface area contributed by atoms with Crippen LogP contribution in [0.2, 0.25) is 0 Å². The first-order chi connectivity index (χ1) is 7.66. The maximum absolute atomic E-state index is 5.69. The normalized spacial score (nSPS) is 11.4. The Morgan fingerprint density at radius 2 is 1.88 bits per heavy atom. The van der Waals surface area contributed by atoms with E-state index in [-0.39, 0.29) is 0 Å². The van der Waals surface area contributed by atoms with E-state index in [4.69, 9.17) is 10.3 Å².